The van der Waals surface area contributed by atoms with Crippen LogP contribution in [-0.2, 0) is 6.42 Å². The summed E-state index contributed by atoms with van der Waals surface area (Å²) in [4.78, 5) is 7.03. The molecule has 0 spiro atoms. The molecule has 2 aromatic rings. The number of hydrogen-bond acceptors (Lipinski definition) is 2. The SMILES string of the molecule is FC(F)Oc1ccc(C(Cl)Cc2ncc[nH]2)cc1. The van der Waals surface area contributed by atoms with Crippen molar-refractivity contribution >= 4 is 11.6 Å². The zero-order chi connectivity index (χ0) is 13.0. The number of rotatable bonds is 5. The van der Waals surface area contributed by atoms with Crippen LogP contribution in [0.2, 0.25) is 0 Å². The first-order valence-electron chi connectivity index (χ1n) is 5.32. The topological polar surface area (TPSA) is 37.9 Å². The lowest BCUT2D eigenvalue weighted by Crippen LogP contribution is -2.02. The van der Waals surface area contributed by atoms with Crippen LogP contribution in [-0.4, -0.2) is 16.6 Å². The lowest BCUT2D eigenvalue weighted by atomic mass is 10.1. The molecule has 6 heteroatoms. The summed E-state index contributed by atoms with van der Waals surface area (Å²) >= 11 is 6.21. The summed E-state index contributed by atoms with van der Waals surface area (Å²) in [6.07, 6.45) is 3.92. The molecule has 1 aromatic heterocycles. The standard InChI is InChI=1S/C12H11ClF2N2O/c13-10(7-11-16-5-6-17-11)8-1-3-9(4-2-8)18-12(14)15/h1-6,10,12H,7H2,(H,16,17). The first-order valence-corrected chi connectivity index (χ1v) is 5.76. The van der Waals surface area contributed by atoms with Crippen LogP contribution in [0.4, 0.5) is 8.78 Å². The predicted molar refractivity (Wildman–Crippen MR) is 64.0 cm³/mol. The van der Waals surface area contributed by atoms with Crippen LogP contribution < -0.4 is 4.74 Å². The van der Waals surface area contributed by atoms with Gasteiger partial charge in [-0.25, -0.2) is 4.98 Å². The van der Waals surface area contributed by atoms with Gasteiger partial charge < -0.3 is 9.72 Å². The fourth-order valence-corrected chi connectivity index (χ4v) is 1.85. The van der Waals surface area contributed by atoms with E-state index in [-0.39, 0.29) is 11.1 Å². The number of H-pyrrole nitrogens is 1. The van der Waals surface area contributed by atoms with E-state index in [1.807, 2.05) is 0 Å². The maximum atomic E-state index is 12.0. The minimum Gasteiger partial charge on any atom is -0.435 e. The second-order valence-electron chi connectivity index (χ2n) is 3.66. The molecule has 0 aliphatic carbocycles. The summed E-state index contributed by atoms with van der Waals surface area (Å²) in [5.74, 6) is 0.901. The van der Waals surface area contributed by atoms with Crippen LogP contribution in [0.25, 0.3) is 0 Å². The zero-order valence-electron chi connectivity index (χ0n) is 9.32. The van der Waals surface area contributed by atoms with Gasteiger partial charge in [-0.3, -0.25) is 0 Å². The highest BCUT2D eigenvalue weighted by atomic mass is 35.5. The van der Waals surface area contributed by atoms with E-state index in [0.717, 1.165) is 11.4 Å². The van der Waals surface area contributed by atoms with E-state index in [1.165, 1.54) is 12.1 Å². The molecule has 1 aromatic carbocycles. The Bertz CT molecular complexity index is 473. The molecular weight excluding hydrogens is 262 g/mol. The van der Waals surface area contributed by atoms with Crippen molar-refractivity contribution in [2.45, 2.75) is 18.4 Å². The van der Waals surface area contributed by atoms with Crippen LogP contribution in [0.3, 0.4) is 0 Å². The van der Waals surface area contributed by atoms with Gasteiger partial charge in [-0.2, -0.15) is 8.78 Å². The first kappa shape index (κ1) is 12.8. The van der Waals surface area contributed by atoms with Crippen LogP contribution in [0, 0.1) is 0 Å². The number of ether oxygens (including phenoxy) is 1. The van der Waals surface area contributed by atoms with E-state index in [2.05, 4.69) is 14.7 Å². The normalized spacial score (nSPS) is 12.7. The lowest BCUT2D eigenvalue weighted by molar-refractivity contribution is -0.0498. The number of aromatic nitrogens is 2. The Hall–Kier alpha value is -1.62. The third-order valence-electron chi connectivity index (χ3n) is 2.39. The summed E-state index contributed by atoms with van der Waals surface area (Å²) < 4.78 is 28.2. The van der Waals surface area contributed by atoms with Gasteiger partial charge in [-0.15, -0.1) is 11.6 Å². The second kappa shape index (κ2) is 5.82. The molecule has 2 rings (SSSR count). The van der Waals surface area contributed by atoms with Crippen LogP contribution >= 0.6 is 11.6 Å². The Labute approximate surface area is 108 Å². The van der Waals surface area contributed by atoms with Gasteiger partial charge in [0.15, 0.2) is 0 Å². The number of halogens is 3. The molecule has 18 heavy (non-hydrogen) atoms. The Morgan fingerprint density at radius 3 is 2.56 bits per heavy atom. The van der Waals surface area contributed by atoms with Crippen molar-refractivity contribution in [1.82, 2.24) is 9.97 Å². The van der Waals surface area contributed by atoms with E-state index >= 15 is 0 Å². The number of alkyl halides is 3. The Morgan fingerprint density at radius 1 is 1.28 bits per heavy atom. The van der Waals surface area contributed by atoms with Crippen molar-refractivity contribution in [3.8, 4) is 5.75 Å². The van der Waals surface area contributed by atoms with Crippen molar-refractivity contribution < 1.29 is 13.5 Å². The van der Waals surface area contributed by atoms with Crippen LogP contribution in [0.5, 0.6) is 5.75 Å². The molecule has 0 amide bonds. The average molecular weight is 273 g/mol. The van der Waals surface area contributed by atoms with Crippen molar-refractivity contribution in [3.63, 3.8) is 0 Å². The summed E-state index contributed by atoms with van der Waals surface area (Å²) in [6.45, 7) is -2.81. The van der Waals surface area contributed by atoms with E-state index in [9.17, 15) is 8.78 Å². The van der Waals surface area contributed by atoms with Gasteiger partial charge in [-0.05, 0) is 17.7 Å². The largest absolute Gasteiger partial charge is 0.435 e. The number of benzene rings is 1. The average Bonchev–Trinajstić information content (AvgIpc) is 2.82. The molecule has 0 fully saturated rings. The minimum absolute atomic E-state index is 0.121. The minimum atomic E-state index is -2.81. The van der Waals surface area contributed by atoms with Gasteiger partial charge >= 0.3 is 6.61 Å². The quantitative estimate of drug-likeness (QED) is 0.846. The van der Waals surface area contributed by atoms with Gasteiger partial charge in [-0.1, -0.05) is 12.1 Å². The highest BCUT2D eigenvalue weighted by Gasteiger charge is 2.11. The Balaban J connectivity index is 2.00. The van der Waals surface area contributed by atoms with Crippen molar-refractivity contribution in [1.29, 1.82) is 0 Å². The molecule has 0 saturated heterocycles. The molecule has 1 atom stereocenters. The second-order valence-corrected chi connectivity index (χ2v) is 4.18. The third kappa shape index (κ3) is 3.43. The number of nitrogens with zero attached hydrogens (tertiary/aromatic N) is 1. The van der Waals surface area contributed by atoms with Gasteiger partial charge in [0.2, 0.25) is 0 Å². The monoisotopic (exact) mass is 272 g/mol. The molecule has 0 saturated carbocycles. The summed E-state index contributed by atoms with van der Waals surface area (Å²) in [7, 11) is 0. The lowest BCUT2D eigenvalue weighted by Gasteiger charge is -2.09. The van der Waals surface area contributed by atoms with Crippen molar-refractivity contribution in [2.24, 2.45) is 0 Å². The number of nitrogens with one attached hydrogen (secondary N) is 1. The van der Waals surface area contributed by atoms with Crippen LogP contribution in [0.15, 0.2) is 36.7 Å². The molecule has 0 aliphatic rings. The van der Waals surface area contributed by atoms with E-state index in [0.29, 0.717) is 6.42 Å². The summed E-state index contributed by atoms with van der Waals surface area (Å²) in [5, 5.41) is -0.267. The maximum Gasteiger partial charge on any atom is 0.387 e. The molecule has 1 unspecified atom stereocenters. The maximum absolute atomic E-state index is 12.0. The molecule has 1 N–H and O–H groups in total. The number of hydrogen-bond donors (Lipinski definition) is 1. The van der Waals surface area contributed by atoms with Crippen LogP contribution in [0.1, 0.15) is 16.8 Å². The van der Waals surface area contributed by atoms with Crippen molar-refractivity contribution in [2.75, 3.05) is 0 Å². The van der Waals surface area contributed by atoms with Crippen molar-refractivity contribution in [3.05, 3.63) is 48.0 Å². The Morgan fingerprint density at radius 2 is 2.00 bits per heavy atom. The van der Waals surface area contributed by atoms with Gasteiger partial charge in [0, 0.05) is 18.8 Å². The highest BCUT2D eigenvalue weighted by Crippen LogP contribution is 2.26. The van der Waals surface area contributed by atoms with Gasteiger partial charge in [0.25, 0.3) is 0 Å². The van der Waals surface area contributed by atoms with Gasteiger partial charge in [0.1, 0.15) is 11.6 Å². The smallest absolute Gasteiger partial charge is 0.387 e. The molecule has 0 bridgehead atoms. The molecule has 1 heterocycles. The molecular formula is C12H11ClF2N2O. The van der Waals surface area contributed by atoms with Gasteiger partial charge in [0.05, 0.1) is 5.38 Å². The number of aromatic amines is 1. The van der Waals surface area contributed by atoms with E-state index in [1.54, 1.807) is 24.5 Å². The summed E-state index contributed by atoms with van der Waals surface area (Å²) in [6, 6.07) is 6.27. The third-order valence-corrected chi connectivity index (χ3v) is 2.80. The van der Waals surface area contributed by atoms with E-state index in [4.69, 9.17) is 11.6 Å². The van der Waals surface area contributed by atoms with E-state index < -0.39 is 6.61 Å². The molecule has 3 nitrogen and oxygen atoms in total. The zero-order valence-corrected chi connectivity index (χ0v) is 10.1. The summed E-state index contributed by atoms with van der Waals surface area (Å²) in [5.41, 5.74) is 0.828. The molecule has 0 radical (unpaired) electrons. The number of imidazole rings is 1. The highest BCUT2D eigenvalue weighted by molar-refractivity contribution is 6.20. The fourth-order valence-electron chi connectivity index (χ4n) is 1.56. The fraction of sp³-hybridized carbons (Fsp3) is 0.250. The first-order chi connectivity index (χ1) is 8.65. The Kier molecular flexibility index (Phi) is 4.15. The molecule has 0 aliphatic heterocycles. The predicted octanol–water partition coefficient (Wildman–Crippen LogP) is 3.53. The molecule has 96 valence electrons.